The first-order valence-electron chi connectivity index (χ1n) is 12.6. The van der Waals surface area contributed by atoms with Crippen LogP contribution in [0, 0.1) is 11.8 Å². The lowest BCUT2D eigenvalue weighted by Gasteiger charge is -2.31. The van der Waals surface area contributed by atoms with Crippen molar-refractivity contribution < 1.29 is 38.1 Å². The fourth-order valence-corrected chi connectivity index (χ4v) is 4.69. The number of nitrogens with one attached hydrogen (secondary N) is 1. The topological polar surface area (TPSA) is 122 Å². The van der Waals surface area contributed by atoms with Crippen LogP contribution in [0.5, 0.6) is 11.5 Å². The minimum Gasteiger partial charge on any atom is -0.493 e. The highest BCUT2D eigenvalue weighted by molar-refractivity contribution is 7.98. The van der Waals surface area contributed by atoms with E-state index in [0.717, 1.165) is 18.6 Å². The third-order valence-corrected chi connectivity index (χ3v) is 6.61. The second-order valence-electron chi connectivity index (χ2n) is 9.42. The van der Waals surface area contributed by atoms with E-state index in [2.05, 4.69) is 30.4 Å². The Morgan fingerprint density at radius 1 is 1.30 bits per heavy atom. The standard InChI is InChI=1S/C26H40N2O8S/c1-16(2)14-33-23-17(3)36-26(31)20(9-7-8-19(23)11-13-37-6)28-25(30)22-24(35-15-34-18(4)29)21(32-5)10-12-27-22/h10,12,16-17,19-20,23H,7-9,11,13-15H2,1-6H3,(H,28,30). The monoisotopic (exact) mass is 540 g/mol. The van der Waals surface area contributed by atoms with E-state index in [0.29, 0.717) is 25.4 Å². The van der Waals surface area contributed by atoms with Crippen LogP contribution >= 0.6 is 11.8 Å². The number of thioether (sulfide) groups is 1. The minimum atomic E-state index is -0.866. The van der Waals surface area contributed by atoms with E-state index in [1.807, 2.05) is 6.92 Å². The van der Waals surface area contributed by atoms with Crippen molar-refractivity contribution in [2.75, 3.05) is 32.5 Å². The molecule has 1 aliphatic rings. The molecule has 4 unspecified atom stereocenters. The molecular formula is C26H40N2O8S. The molecular weight excluding hydrogens is 500 g/mol. The summed E-state index contributed by atoms with van der Waals surface area (Å²) in [5, 5.41) is 2.75. The Labute approximate surface area is 223 Å². The van der Waals surface area contributed by atoms with Crippen molar-refractivity contribution >= 4 is 29.6 Å². The average Bonchev–Trinajstić information content (AvgIpc) is 2.89. The Kier molecular flexibility index (Phi) is 13.0. The summed E-state index contributed by atoms with van der Waals surface area (Å²) in [5.41, 5.74) is -0.0942. The molecule has 0 radical (unpaired) electrons. The molecule has 1 aromatic rings. The van der Waals surface area contributed by atoms with Crippen molar-refractivity contribution in [3.05, 3.63) is 18.0 Å². The summed E-state index contributed by atoms with van der Waals surface area (Å²) in [4.78, 5) is 41.6. The van der Waals surface area contributed by atoms with Gasteiger partial charge in [-0.3, -0.25) is 9.59 Å². The average molecular weight is 541 g/mol. The molecule has 10 nitrogen and oxygen atoms in total. The maximum Gasteiger partial charge on any atom is 0.329 e. The summed E-state index contributed by atoms with van der Waals surface area (Å²) in [5.74, 6) is 0.147. The SMILES string of the molecule is COc1ccnc(C(=O)NC2CCCC(CCSC)C(OCC(C)C)C(C)OC2=O)c1OCOC(C)=O. The number of carbonyl (C=O) groups excluding carboxylic acids is 3. The van der Waals surface area contributed by atoms with Gasteiger partial charge in [0.2, 0.25) is 6.79 Å². The number of hydrogen-bond donors (Lipinski definition) is 1. The molecule has 1 fully saturated rings. The first kappa shape index (κ1) is 30.7. The number of aromatic nitrogens is 1. The second-order valence-corrected chi connectivity index (χ2v) is 10.4. The van der Waals surface area contributed by atoms with Crippen LogP contribution in [0.15, 0.2) is 12.3 Å². The van der Waals surface area contributed by atoms with Gasteiger partial charge in [0, 0.05) is 25.8 Å². The first-order chi connectivity index (χ1) is 17.7. The number of pyridine rings is 1. The molecule has 11 heteroatoms. The van der Waals surface area contributed by atoms with E-state index in [9.17, 15) is 14.4 Å². The molecule has 1 aliphatic heterocycles. The molecule has 1 amide bonds. The number of ether oxygens (including phenoxy) is 5. The van der Waals surface area contributed by atoms with Crippen molar-refractivity contribution in [1.82, 2.24) is 10.3 Å². The summed E-state index contributed by atoms with van der Waals surface area (Å²) in [7, 11) is 1.41. The van der Waals surface area contributed by atoms with Crippen LogP contribution in [0.4, 0.5) is 0 Å². The Morgan fingerprint density at radius 3 is 2.70 bits per heavy atom. The summed E-state index contributed by atoms with van der Waals surface area (Å²) in [6.07, 6.45) is 5.73. The summed E-state index contributed by atoms with van der Waals surface area (Å²) >= 11 is 1.78. The van der Waals surface area contributed by atoms with Crippen LogP contribution in [-0.4, -0.2) is 73.6 Å². The second kappa shape index (κ2) is 15.7. The van der Waals surface area contributed by atoms with Crippen LogP contribution in [0.3, 0.4) is 0 Å². The zero-order valence-corrected chi connectivity index (χ0v) is 23.4. The molecule has 0 spiro atoms. The lowest BCUT2D eigenvalue weighted by Crippen LogP contribution is -2.44. The van der Waals surface area contributed by atoms with Crippen LogP contribution in [-0.2, 0) is 23.8 Å². The highest BCUT2D eigenvalue weighted by Crippen LogP contribution is 2.31. The molecule has 2 heterocycles. The van der Waals surface area contributed by atoms with Crippen LogP contribution in [0.25, 0.3) is 0 Å². The quantitative estimate of drug-likeness (QED) is 0.311. The van der Waals surface area contributed by atoms with Crippen molar-refractivity contribution in [2.45, 2.75) is 71.6 Å². The highest BCUT2D eigenvalue weighted by atomic mass is 32.2. The third-order valence-electron chi connectivity index (χ3n) is 5.97. The van der Waals surface area contributed by atoms with Gasteiger partial charge in [-0.2, -0.15) is 11.8 Å². The Bertz CT molecular complexity index is 897. The number of amides is 1. The van der Waals surface area contributed by atoms with Gasteiger partial charge in [-0.05, 0) is 50.0 Å². The highest BCUT2D eigenvalue weighted by Gasteiger charge is 2.35. The van der Waals surface area contributed by atoms with E-state index in [4.69, 9.17) is 23.7 Å². The van der Waals surface area contributed by atoms with Crippen molar-refractivity contribution in [3.8, 4) is 11.5 Å². The molecule has 1 saturated heterocycles. The van der Waals surface area contributed by atoms with E-state index < -0.39 is 36.8 Å². The fourth-order valence-electron chi connectivity index (χ4n) is 4.16. The van der Waals surface area contributed by atoms with Crippen LogP contribution in [0.2, 0.25) is 0 Å². The number of methoxy groups -OCH3 is 1. The van der Waals surface area contributed by atoms with Crippen molar-refractivity contribution in [2.24, 2.45) is 11.8 Å². The molecule has 0 aliphatic carbocycles. The minimum absolute atomic E-state index is 0.00725. The number of carbonyl (C=O) groups is 3. The van der Waals surface area contributed by atoms with Gasteiger partial charge in [0.25, 0.3) is 5.91 Å². The first-order valence-corrected chi connectivity index (χ1v) is 14.0. The van der Waals surface area contributed by atoms with Crippen molar-refractivity contribution in [1.29, 1.82) is 0 Å². The maximum absolute atomic E-state index is 13.2. The van der Waals surface area contributed by atoms with E-state index >= 15 is 0 Å². The van der Waals surface area contributed by atoms with Gasteiger partial charge in [0.05, 0.1) is 13.2 Å². The van der Waals surface area contributed by atoms with Gasteiger partial charge >= 0.3 is 11.9 Å². The van der Waals surface area contributed by atoms with Gasteiger partial charge in [-0.1, -0.05) is 20.3 Å². The fraction of sp³-hybridized carbons (Fsp3) is 0.692. The number of nitrogens with zero attached hydrogens (tertiary/aromatic N) is 1. The maximum atomic E-state index is 13.2. The van der Waals surface area contributed by atoms with Gasteiger partial charge < -0.3 is 29.0 Å². The van der Waals surface area contributed by atoms with E-state index in [-0.39, 0.29) is 29.2 Å². The van der Waals surface area contributed by atoms with E-state index in [1.54, 1.807) is 11.8 Å². The molecule has 0 bridgehead atoms. The normalized spacial score (nSPS) is 22.3. The van der Waals surface area contributed by atoms with E-state index in [1.165, 1.54) is 26.3 Å². The number of rotatable bonds is 12. The lowest BCUT2D eigenvalue weighted by molar-refractivity contribution is -0.161. The lowest BCUT2D eigenvalue weighted by atomic mass is 9.90. The smallest absolute Gasteiger partial charge is 0.329 e. The number of cyclic esters (lactones) is 1. The molecule has 37 heavy (non-hydrogen) atoms. The Hall–Kier alpha value is -2.53. The van der Waals surface area contributed by atoms with Gasteiger partial charge in [0.1, 0.15) is 12.1 Å². The molecule has 1 N–H and O–H groups in total. The van der Waals surface area contributed by atoms with Crippen LogP contribution < -0.4 is 14.8 Å². The van der Waals surface area contributed by atoms with Crippen molar-refractivity contribution in [3.63, 3.8) is 0 Å². The predicted molar refractivity (Wildman–Crippen MR) is 140 cm³/mol. The number of esters is 2. The molecule has 1 aromatic heterocycles. The zero-order valence-electron chi connectivity index (χ0n) is 22.6. The van der Waals surface area contributed by atoms with Gasteiger partial charge in [-0.25, -0.2) is 9.78 Å². The van der Waals surface area contributed by atoms with Gasteiger partial charge in [-0.15, -0.1) is 0 Å². The molecule has 208 valence electrons. The van der Waals surface area contributed by atoms with Gasteiger partial charge in [0.15, 0.2) is 17.2 Å². The Balaban J connectivity index is 2.20. The van der Waals surface area contributed by atoms with Crippen LogP contribution in [0.1, 0.15) is 63.9 Å². The Morgan fingerprint density at radius 2 is 2.05 bits per heavy atom. The summed E-state index contributed by atoms with van der Waals surface area (Å²) in [6.45, 7) is 7.43. The molecule has 0 saturated carbocycles. The number of hydrogen-bond acceptors (Lipinski definition) is 10. The summed E-state index contributed by atoms with van der Waals surface area (Å²) in [6, 6.07) is 0.649. The predicted octanol–water partition coefficient (Wildman–Crippen LogP) is 3.61. The largest absolute Gasteiger partial charge is 0.493 e. The summed E-state index contributed by atoms with van der Waals surface area (Å²) < 4.78 is 27.6. The zero-order chi connectivity index (χ0) is 27.4. The molecule has 4 atom stereocenters. The molecule has 2 rings (SSSR count). The molecule has 0 aromatic carbocycles. The third kappa shape index (κ3) is 9.70.